The predicted octanol–water partition coefficient (Wildman–Crippen LogP) is 2.13. The molecule has 118 valence electrons. The van der Waals surface area contributed by atoms with Crippen LogP contribution in [0.1, 0.15) is 31.4 Å². The minimum Gasteiger partial charge on any atom is -0.463 e. The van der Waals surface area contributed by atoms with Crippen LogP contribution < -0.4 is 4.90 Å². The molecule has 0 aliphatic carbocycles. The first-order valence-electron chi connectivity index (χ1n) is 7.54. The molecule has 5 nitrogen and oxygen atoms in total. The van der Waals surface area contributed by atoms with Gasteiger partial charge in [0.2, 0.25) is 0 Å². The second-order valence-electron chi connectivity index (χ2n) is 6.59. The highest BCUT2D eigenvalue weighted by Gasteiger charge is 2.56. The highest BCUT2D eigenvalue weighted by molar-refractivity contribution is 6.01. The Morgan fingerprint density at radius 3 is 2.32 bits per heavy atom. The average Bonchev–Trinajstić information content (AvgIpc) is 2.87. The number of nitrogens with zero attached hydrogens (tertiary/aromatic N) is 1. The first-order valence-corrected chi connectivity index (χ1v) is 7.54. The van der Waals surface area contributed by atoms with Crippen molar-refractivity contribution >= 4 is 17.6 Å². The van der Waals surface area contributed by atoms with E-state index in [2.05, 4.69) is 0 Å². The molecule has 0 N–H and O–H groups in total. The molecule has 0 bridgehead atoms. The molecule has 2 aliphatic heterocycles. The molecule has 2 atom stereocenters. The van der Waals surface area contributed by atoms with E-state index in [9.17, 15) is 9.59 Å². The van der Waals surface area contributed by atoms with E-state index in [1.807, 2.05) is 45.9 Å². The van der Waals surface area contributed by atoms with E-state index < -0.39 is 11.7 Å². The van der Waals surface area contributed by atoms with Gasteiger partial charge in [0.1, 0.15) is 6.61 Å². The number of cyclic esters (lactones) is 1. The van der Waals surface area contributed by atoms with E-state index >= 15 is 0 Å². The van der Waals surface area contributed by atoms with E-state index in [0.717, 1.165) is 16.8 Å². The number of aryl methyl sites for hydroxylation is 2. The van der Waals surface area contributed by atoms with Gasteiger partial charge in [0.05, 0.1) is 23.8 Å². The van der Waals surface area contributed by atoms with Gasteiger partial charge in [-0.2, -0.15) is 0 Å². The van der Waals surface area contributed by atoms with E-state index in [1.165, 1.54) is 0 Å². The summed E-state index contributed by atoms with van der Waals surface area (Å²) in [5, 5.41) is 0. The van der Waals surface area contributed by atoms with Crippen LogP contribution in [0.25, 0.3) is 0 Å². The molecule has 2 unspecified atom stereocenters. The topological polar surface area (TPSA) is 59.1 Å². The zero-order valence-corrected chi connectivity index (χ0v) is 13.4. The number of hydrogen-bond donors (Lipinski definition) is 0. The van der Waals surface area contributed by atoms with Crippen LogP contribution in [0.15, 0.2) is 18.2 Å². The minimum atomic E-state index is -0.456. The van der Waals surface area contributed by atoms with Crippen LogP contribution >= 0.6 is 0 Å². The van der Waals surface area contributed by atoms with Crippen molar-refractivity contribution in [3.8, 4) is 0 Å². The SMILES string of the molecule is Cc1cccc(C)c1N(C(=O)C1OC1(C)C)C1COC(=O)C1. The molecule has 3 rings (SSSR count). The van der Waals surface area contributed by atoms with E-state index in [-0.39, 0.29) is 30.9 Å². The summed E-state index contributed by atoms with van der Waals surface area (Å²) in [6.07, 6.45) is -0.227. The number of amides is 1. The van der Waals surface area contributed by atoms with E-state index in [0.29, 0.717) is 0 Å². The third-order valence-electron chi connectivity index (χ3n) is 4.34. The number of anilines is 1. The lowest BCUT2D eigenvalue weighted by molar-refractivity contribution is -0.138. The first-order chi connectivity index (χ1) is 10.3. The van der Waals surface area contributed by atoms with Crippen molar-refractivity contribution in [1.29, 1.82) is 0 Å². The molecule has 0 spiro atoms. The molecular weight excluding hydrogens is 282 g/mol. The largest absolute Gasteiger partial charge is 0.463 e. The third-order valence-corrected chi connectivity index (χ3v) is 4.34. The fourth-order valence-electron chi connectivity index (χ4n) is 3.07. The van der Waals surface area contributed by atoms with Gasteiger partial charge >= 0.3 is 5.97 Å². The van der Waals surface area contributed by atoms with Crippen LogP contribution in [0.5, 0.6) is 0 Å². The van der Waals surface area contributed by atoms with Gasteiger partial charge in [0.15, 0.2) is 6.10 Å². The molecule has 0 aromatic heterocycles. The molecule has 1 aromatic rings. The number of esters is 1. The average molecular weight is 303 g/mol. The highest BCUT2D eigenvalue weighted by Crippen LogP contribution is 2.40. The van der Waals surface area contributed by atoms with Crippen LogP contribution in [-0.2, 0) is 19.1 Å². The monoisotopic (exact) mass is 303 g/mol. The lowest BCUT2D eigenvalue weighted by Gasteiger charge is -2.30. The van der Waals surface area contributed by atoms with Crippen molar-refractivity contribution in [2.24, 2.45) is 0 Å². The van der Waals surface area contributed by atoms with Crippen LogP contribution in [0.2, 0.25) is 0 Å². The van der Waals surface area contributed by atoms with Crippen molar-refractivity contribution in [2.45, 2.75) is 51.9 Å². The second kappa shape index (κ2) is 5.09. The maximum Gasteiger partial charge on any atom is 0.308 e. The fraction of sp³-hybridized carbons (Fsp3) is 0.529. The molecule has 2 saturated heterocycles. The molecule has 0 radical (unpaired) electrons. The van der Waals surface area contributed by atoms with E-state index in [1.54, 1.807) is 4.90 Å². The molecule has 2 heterocycles. The van der Waals surface area contributed by atoms with Crippen molar-refractivity contribution in [3.63, 3.8) is 0 Å². The number of epoxide rings is 1. The van der Waals surface area contributed by atoms with Gasteiger partial charge in [0.25, 0.3) is 5.91 Å². The third kappa shape index (κ3) is 2.50. The molecule has 2 aliphatic rings. The van der Waals surface area contributed by atoms with Crippen molar-refractivity contribution in [2.75, 3.05) is 11.5 Å². The molecular formula is C17H21NO4. The molecule has 2 fully saturated rings. The highest BCUT2D eigenvalue weighted by atomic mass is 16.6. The summed E-state index contributed by atoms with van der Waals surface area (Å²) >= 11 is 0. The summed E-state index contributed by atoms with van der Waals surface area (Å²) in [7, 11) is 0. The standard InChI is InChI=1S/C17H21NO4/c1-10-6-5-7-11(2)14(10)18(12-8-13(19)21-9-12)16(20)15-17(3,4)22-15/h5-7,12,15H,8-9H2,1-4H3. The van der Waals surface area contributed by atoms with Gasteiger partial charge in [0, 0.05) is 0 Å². The van der Waals surface area contributed by atoms with Gasteiger partial charge in [-0.25, -0.2) is 0 Å². The normalized spacial score (nSPS) is 25.7. The smallest absolute Gasteiger partial charge is 0.308 e. The number of para-hydroxylation sites is 1. The quantitative estimate of drug-likeness (QED) is 0.634. The maximum atomic E-state index is 13.0. The van der Waals surface area contributed by atoms with Crippen LogP contribution in [-0.4, -0.2) is 36.2 Å². The summed E-state index contributed by atoms with van der Waals surface area (Å²) < 4.78 is 10.6. The van der Waals surface area contributed by atoms with Gasteiger partial charge in [-0.3, -0.25) is 9.59 Å². The Labute approximate surface area is 130 Å². The van der Waals surface area contributed by atoms with Crippen molar-refractivity contribution in [3.05, 3.63) is 29.3 Å². The van der Waals surface area contributed by atoms with Crippen LogP contribution in [0, 0.1) is 13.8 Å². The second-order valence-corrected chi connectivity index (χ2v) is 6.59. The van der Waals surface area contributed by atoms with Crippen molar-refractivity contribution < 1.29 is 19.1 Å². The zero-order chi connectivity index (χ0) is 16.1. The van der Waals surface area contributed by atoms with Crippen LogP contribution in [0.4, 0.5) is 5.69 Å². The Bertz CT molecular complexity index is 617. The molecule has 22 heavy (non-hydrogen) atoms. The number of ether oxygens (including phenoxy) is 2. The minimum absolute atomic E-state index is 0.0919. The number of hydrogen-bond acceptors (Lipinski definition) is 4. The van der Waals surface area contributed by atoms with Gasteiger partial charge in [-0.15, -0.1) is 0 Å². The molecule has 1 amide bonds. The van der Waals surface area contributed by atoms with Crippen LogP contribution in [0.3, 0.4) is 0 Å². The lowest BCUT2D eigenvalue weighted by atomic mass is 10.0. The molecule has 0 saturated carbocycles. The zero-order valence-electron chi connectivity index (χ0n) is 13.4. The first kappa shape index (κ1) is 15.0. The summed E-state index contributed by atoms with van der Waals surface area (Å²) in [5.74, 6) is -0.351. The van der Waals surface area contributed by atoms with Gasteiger partial charge in [-0.05, 0) is 38.8 Å². The predicted molar refractivity (Wildman–Crippen MR) is 81.7 cm³/mol. The Morgan fingerprint density at radius 1 is 1.27 bits per heavy atom. The van der Waals surface area contributed by atoms with Gasteiger partial charge in [-0.1, -0.05) is 18.2 Å². The Morgan fingerprint density at radius 2 is 1.86 bits per heavy atom. The van der Waals surface area contributed by atoms with Crippen molar-refractivity contribution in [1.82, 2.24) is 0 Å². The van der Waals surface area contributed by atoms with E-state index in [4.69, 9.17) is 9.47 Å². The fourth-order valence-corrected chi connectivity index (χ4v) is 3.07. The number of rotatable bonds is 3. The summed E-state index contributed by atoms with van der Waals surface area (Å²) in [4.78, 5) is 26.2. The maximum absolute atomic E-state index is 13.0. The number of benzene rings is 1. The Hall–Kier alpha value is -1.88. The molecule has 5 heteroatoms. The summed E-state index contributed by atoms with van der Waals surface area (Å²) in [5.41, 5.74) is 2.44. The lowest BCUT2D eigenvalue weighted by Crippen LogP contribution is -2.45. The molecule has 1 aromatic carbocycles. The summed E-state index contributed by atoms with van der Waals surface area (Å²) in [6, 6.07) is 5.64. The van der Waals surface area contributed by atoms with Gasteiger partial charge < -0.3 is 14.4 Å². The number of carbonyl (C=O) groups is 2. The summed E-state index contributed by atoms with van der Waals surface area (Å²) in [6.45, 7) is 7.98. The number of carbonyl (C=O) groups excluding carboxylic acids is 2. The Balaban J connectivity index is 2.00. The Kier molecular flexibility index (Phi) is 3.48.